The highest BCUT2D eigenvalue weighted by Crippen LogP contribution is 2.22. The van der Waals surface area contributed by atoms with Crippen molar-refractivity contribution in [2.24, 2.45) is 0 Å². The normalized spacial score (nSPS) is 20.4. The Morgan fingerprint density at radius 1 is 1.10 bits per heavy atom. The smallest absolute Gasteiger partial charge is 0.253 e. The summed E-state index contributed by atoms with van der Waals surface area (Å²) in [7, 11) is -2.09. The van der Waals surface area contributed by atoms with Gasteiger partial charge in [-0.2, -0.15) is 4.31 Å². The van der Waals surface area contributed by atoms with E-state index in [9.17, 15) is 17.6 Å². The standard InChI is InChI=1S/C21H25FN2O4S/c1-15-12-24(13-16(2)28-15)29(26,27)19-10-8-17(9-11-19)21(25)23(3)14-18-6-4-5-7-20(18)22/h4-11,15-16H,12-14H2,1-3H3. The monoisotopic (exact) mass is 420 g/mol. The van der Waals surface area contributed by atoms with E-state index in [0.717, 1.165) is 0 Å². The van der Waals surface area contributed by atoms with Crippen LogP contribution in [0.3, 0.4) is 0 Å². The van der Waals surface area contributed by atoms with Crippen LogP contribution in [0, 0.1) is 5.82 Å². The van der Waals surface area contributed by atoms with E-state index >= 15 is 0 Å². The summed E-state index contributed by atoms with van der Waals surface area (Å²) >= 11 is 0. The fourth-order valence-electron chi connectivity index (χ4n) is 3.42. The Balaban J connectivity index is 1.73. The molecule has 0 spiro atoms. The summed E-state index contributed by atoms with van der Waals surface area (Å²) in [6.45, 7) is 4.38. The van der Waals surface area contributed by atoms with Gasteiger partial charge in [-0.3, -0.25) is 4.79 Å². The zero-order chi connectivity index (χ0) is 21.2. The molecule has 156 valence electrons. The molecule has 2 aromatic carbocycles. The van der Waals surface area contributed by atoms with E-state index in [2.05, 4.69) is 0 Å². The Labute approximate surface area is 170 Å². The minimum Gasteiger partial charge on any atom is -0.373 e. The minimum absolute atomic E-state index is 0.120. The quantitative estimate of drug-likeness (QED) is 0.746. The van der Waals surface area contributed by atoms with Crippen molar-refractivity contribution in [3.8, 4) is 0 Å². The fourth-order valence-corrected chi connectivity index (χ4v) is 5.01. The molecular weight excluding hydrogens is 395 g/mol. The van der Waals surface area contributed by atoms with Gasteiger partial charge in [-0.15, -0.1) is 0 Å². The van der Waals surface area contributed by atoms with Gasteiger partial charge in [0.1, 0.15) is 5.82 Å². The van der Waals surface area contributed by atoms with Crippen LogP contribution < -0.4 is 0 Å². The van der Waals surface area contributed by atoms with Gasteiger partial charge in [-0.25, -0.2) is 12.8 Å². The molecule has 3 rings (SSSR count). The first kappa shape index (κ1) is 21.4. The van der Waals surface area contributed by atoms with Gasteiger partial charge in [0.25, 0.3) is 5.91 Å². The number of carbonyl (C=O) groups is 1. The number of sulfonamides is 1. The second kappa shape index (κ2) is 8.61. The first-order chi connectivity index (χ1) is 13.7. The lowest BCUT2D eigenvalue weighted by molar-refractivity contribution is -0.0440. The number of amides is 1. The van der Waals surface area contributed by atoms with E-state index in [-0.39, 0.29) is 35.4 Å². The molecule has 1 amide bonds. The first-order valence-corrected chi connectivity index (χ1v) is 10.9. The van der Waals surface area contributed by atoms with Crippen molar-refractivity contribution in [3.05, 3.63) is 65.5 Å². The van der Waals surface area contributed by atoms with Crippen molar-refractivity contribution in [1.29, 1.82) is 0 Å². The van der Waals surface area contributed by atoms with Crippen molar-refractivity contribution >= 4 is 15.9 Å². The van der Waals surface area contributed by atoms with Crippen molar-refractivity contribution in [1.82, 2.24) is 9.21 Å². The van der Waals surface area contributed by atoms with E-state index in [1.807, 2.05) is 13.8 Å². The van der Waals surface area contributed by atoms with Gasteiger partial charge in [0.2, 0.25) is 10.0 Å². The molecule has 1 aliphatic heterocycles. The van der Waals surface area contributed by atoms with Gasteiger partial charge >= 0.3 is 0 Å². The summed E-state index contributed by atoms with van der Waals surface area (Å²) in [5, 5.41) is 0. The molecule has 0 aromatic heterocycles. The molecule has 0 bridgehead atoms. The zero-order valence-corrected chi connectivity index (χ0v) is 17.5. The van der Waals surface area contributed by atoms with Gasteiger partial charge in [-0.05, 0) is 44.2 Å². The number of hydrogen-bond acceptors (Lipinski definition) is 4. The zero-order valence-electron chi connectivity index (χ0n) is 16.7. The Morgan fingerprint density at radius 2 is 1.69 bits per heavy atom. The molecule has 2 unspecified atom stereocenters. The average Bonchev–Trinajstić information content (AvgIpc) is 2.68. The molecule has 8 heteroatoms. The molecule has 0 saturated carbocycles. The van der Waals surface area contributed by atoms with Gasteiger partial charge in [0, 0.05) is 37.8 Å². The summed E-state index contributed by atoms with van der Waals surface area (Å²) in [6.07, 6.45) is -0.359. The van der Waals surface area contributed by atoms with Crippen LogP contribution in [-0.2, 0) is 21.3 Å². The number of nitrogens with zero attached hydrogens (tertiary/aromatic N) is 2. The molecule has 1 aliphatic rings. The maximum atomic E-state index is 13.8. The van der Waals surface area contributed by atoms with E-state index in [1.54, 1.807) is 25.2 Å². The van der Waals surface area contributed by atoms with Crippen LogP contribution >= 0.6 is 0 Å². The fraction of sp³-hybridized carbons (Fsp3) is 0.381. The molecule has 2 atom stereocenters. The van der Waals surface area contributed by atoms with E-state index in [0.29, 0.717) is 24.2 Å². The number of carbonyl (C=O) groups excluding carboxylic acids is 1. The van der Waals surface area contributed by atoms with Crippen LogP contribution in [0.5, 0.6) is 0 Å². The van der Waals surface area contributed by atoms with Gasteiger partial charge < -0.3 is 9.64 Å². The van der Waals surface area contributed by atoms with Crippen LogP contribution in [-0.4, -0.2) is 55.9 Å². The van der Waals surface area contributed by atoms with Crippen molar-refractivity contribution < 1.29 is 22.3 Å². The summed E-state index contributed by atoms with van der Waals surface area (Å²) in [6, 6.07) is 12.1. The number of rotatable bonds is 5. The predicted octanol–water partition coefficient (Wildman–Crippen LogP) is 2.90. The highest BCUT2D eigenvalue weighted by molar-refractivity contribution is 7.89. The lowest BCUT2D eigenvalue weighted by Gasteiger charge is -2.34. The van der Waals surface area contributed by atoms with Gasteiger partial charge in [0.05, 0.1) is 17.1 Å². The third-order valence-corrected chi connectivity index (χ3v) is 6.68. The molecule has 0 N–H and O–H groups in total. The first-order valence-electron chi connectivity index (χ1n) is 9.43. The molecule has 1 saturated heterocycles. The predicted molar refractivity (Wildman–Crippen MR) is 107 cm³/mol. The molecular formula is C21H25FN2O4S. The Kier molecular flexibility index (Phi) is 6.36. The number of benzene rings is 2. The lowest BCUT2D eigenvalue weighted by atomic mass is 10.1. The molecule has 1 heterocycles. The van der Waals surface area contributed by atoms with E-state index in [4.69, 9.17) is 4.74 Å². The van der Waals surface area contributed by atoms with Crippen LogP contribution in [0.15, 0.2) is 53.4 Å². The maximum Gasteiger partial charge on any atom is 0.253 e. The van der Waals surface area contributed by atoms with E-state index < -0.39 is 10.0 Å². The Morgan fingerprint density at radius 3 is 2.28 bits per heavy atom. The number of ether oxygens (including phenoxy) is 1. The van der Waals surface area contributed by atoms with Crippen LogP contribution in [0.25, 0.3) is 0 Å². The summed E-state index contributed by atoms with van der Waals surface area (Å²) in [4.78, 5) is 14.2. The summed E-state index contributed by atoms with van der Waals surface area (Å²) in [5.41, 5.74) is 0.754. The van der Waals surface area contributed by atoms with Crippen LogP contribution in [0.4, 0.5) is 4.39 Å². The highest BCUT2D eigenvalue weighted by Gasteiger charge is 2.32. The molecule has 1 fully saturated rings. The van der Waals surface area contributed by atoms with Gasteiger partial charge in [-0.1, -0.05) is 18.2 Å². The third-order valence-electron chi connectivity index (χ3n) is 4.84. The minimum atomic E-state index is -3.67. The summed E-state index contributed by atoms with van der Waals surface area (Å²) < 4.78 is 46.6. The Bertz CT molecular complexity index is 968. The average molecular weight is 421 g/mol. The van der Waals surface area contributed by atoms with Crippen molar-refractivity contribution in [3.63, 3.8) is 0 Å². The van der Waals surface area contributed by atoms with Crippen molar-refractivity contribution in [2.75, 3.05) is 20.1 Å². The highest BCUT2D eigenvalue weighted by atomic mass is 32.2. The summed E-state index contributed by atoms with van der Waals surface area (Å²) in [5.74, 6) is -0.687. The SMILES string of the molecule is CC1CN(S(=O)(=O)c2ccc(C(=O)N(C)Cc3ccccc3F)cc2)CC(C)O1. The number of morpholine rings is 1. The number of hydrogen-bond donors (Lipinski definition) is 0. The maximum absolute atomic E-state index is 13.8. The molecule has 0 radical (unpaired) electrons. The second-order valence-electron chi connectivity index (χ2n) is 7.36. The number of halogens is 1. The molecule has 2 aromatic rings. The third kappa shape index (κ3) is 4.83. The largest absolute Gasteiger partial charge is 0.373 e. The molecule has 6 nitrogen and oxygen atoms in total. The Hall–Kier alpha value is -2.29. The van der Waals surface area contributed by atoms with Crippen LogP contribution in [0.1, 0.15) is 29.8 Å². The second-order valence-corrected chi connectivity index (χ2v) is 9.29. The van der Waals surface area contributed by atoms with E-state index in [1.165, 1.54) is 39.5 Å². The van der Waals surface area contributed by atoms with Gasteiger partial charge in [0.15, 0.2) is 0 Å². The topological polar surface area (TPSA) is 66.9 Å². The van der Waals surface area contributed by atoms with Crippen LogP contribution in [0.2, 0.25) is 0 Å². The molecule has 0 aliphatic carbocycles. The molecule has 29 heavy (non-hydrogen) atoms. The van der Waals surface area contributed by atoms with Crippen molar-refractivity contribution in [2.45, 2.75) is 37.5 Å². The lowest BCUT2D eigenvalue weighted by Crippen LogP contribution is -2.48.